The number of nitrogens with zero attached hydrogens (tertiary/aromatic N) is 1. The first-order valence-corrected chi connectivity index (χ1v) is 4.78. The van der Waals surface area contributed by atoms with E-state index in [0.717, 1.165) is 11.3 Å². The Balaban J connectivity index is 2.81. The van der Waals surface area contributed by atoms with Crippen molar-refractivity contribution in [2.45, 2.75) is 0 Å². The van der Waals surface area contributed by atoms with Crippen molar-refractivity contribution in [1.82, 2.24) is 4.98 Å². The van der Waals surface area contributed by atoms with Crippen LogP contribution in [0.5, 0.6) is 5.75 Å². The maximum absolute atomic E-state index is 11.1. The van der Waals surface area contributed by atoms with E-state index >= 15 is 0 Å². The number of benzene rings is 1. The topological polar surface area (TPSA) is 85.2 Å². The molecule has 78 valence electrons. The van der Waals surface area contributed by atoms with Gasteiger partial charge in [0.05, 0.1) is 22.8 Å². The van der Waals surface area contributed by atoms with Crippen LogP contribution >= 0.6 is 11.3 Å². The predicted molar refractivity (Wildman–Crippen MR) is 55.7 cm³/mol. The first kappa shape index (κ1) is 9.66. The monoisotopic (exact) mass is 226 g/mol. The predicted octanol–water partition coefficient (Wildman–Crippen LogP) is 1.51. The first-order valence-electron chi connectivity index (χ1n) is 3.97. The van der Waals surface area contributed by atoms with Crippen molar-refractivity contribution in [3.63, 3.8) is 0 Å². The van der Waals surface area contributed by atoms with Gasteiger partial charge in [-0.15, -0.1) is 0 Å². The van der Waals surface area contributed by atoms with Crippen molar-refractivity contribution in [1.29, 1.82) is 0 Å². The zero-order chi connectivity index (χ0) is 11.0. The van der Waals surface area contributed by atoms with E-state index < -0.39 is 4.92 Å². The van der Waals surface area contributed by atoms with Crippen LogP contribution in [0.1, 0.15) is 0 Å². The fraction of sp³-hybridized carbons (Fsp3) is 0.125. The Labute approximate surface area is 87.3 Å². The molecular formula is C8H6N2O4S. The van der Waals surface area contributed by atoms with Crippen LogP contribution in [0.15, 0.2) is 16.9 Å². The standard InChI is InChI=1S/C8H6N2O4S/c1-14-5-2-4(10(12)13)3-6-7(5)9-8(11)15-6/h2-3H,1H3,(H,9,11). The molecule has 0 radical (unpaired) electrons. The van der Waals surface area contributed by atoms with E-state index in [9.17, 15) is 14.9 Å². The van der Waals surface area contributed by atoms with Crippen molar-refractivity contribution >= 4 is 27.2 Å². The Hall–Kier alpha value is -1.89. The summed E-state index contributed by atoms with van der Waals surface area (Å²) in [4.78, 5) is 23.4. The number of nitro groups is 1. The summed E-state index contributed by atoms with van der Waals surface area (Å²) in [6, 6.07) is 2.63. The molecule has 0 bridgehead atoms. The van der Waals surface area contributed by atoms with Crippen molar-refractivity contribution in [3.05, 3.63) is 31.9 Å². The highest BCUT2D eigenvalue weighted by atomic mass is 32.1. The fourth-order valence-corrected chi connectivity index (χ4v) is 2.06. The Morgan fingerprint density at radius 2 is 2.27 bits per heavy atom. The third-order valence-corrected chi connectivity index (χ3v) is 2.74. The van der Waals surface area contributed by atoms with E-state index in [2.05, 4.69) is 4.98 Å². The van der Waals surface area contributed by atoms with Gasteiger partial charge in [-0.25, -0.2) is 0 Å². The maximum atomic E-state index is 11.1. The lowest BCUT2D eigenvalue weighted by Gasteiger charge is -2.00. The van der Waals surface area contributed by atoms with E-state index in [1.165, 1.54) is 19.2 Å². The van der Waals surface area contributed by atoms with E-state index in [0.29, 0.717) is 16.0 Å². The van der Waals surface area contributed by atoms with Crippen molar-refractivity contribution in [3.8, 4) is 5.75 Å². The van der Waals surface area contributed by atoms with Crippen molar-refractivity contribution in [2.24, 2.45) is 0 Å². The SMILES string of the molecule is COc1cc([N+](=O)[O-])cc2sc(=O)[nH]c12. The molecule has 15 heavy (non-hydrogen) atoms. The molecule has 1 N–H and O–H groups in total. The molecule has 1 aromatic heterocycles. The zero-order valence-corrected chi connectivity index (χ0v) is 8.46. The Morgan fingerprint density at radius 1 is 1.53 bits per heavy atom. The highest BCUT2D eigenvalue weighted by Gasteiger charge is 2.14. The summed E-state index contributed by atoms with van der Waals surface area (Å²) < 4.78 is 5.48. The van der Waals surface area contributed by atoms with E-state index in [1.807, 2.05) is 0 Å². The van der Waals surface area contributed by atoms with Gasteiger partial charge in [0, 0.05) is 6.07 Å². The third kappa shape index (κ3) is 1.57. The number of rotatable bonds is 2. The minimum Gasteiger partial charge on any atom is -0.494 e. The van der Waals surface area contributed by atoms with Crippen LogP contribution < -0.4 is 9.61 Å². The molecule has 2 aromatic rings. The average molecular weight is 226 g/mol. The Kier molecular flexibility index (Phi) is 2.16. The Morgan fingerprint density at radius 3 is 2.87 bits per heavy atom. The van der Waals surface area contributed by atoms with Crippen LogP contribution in [-0.4, -0.2) is 17.0 Å². The largest absolute Gasteiger partial charge is 0.494 e. The molecule has 0 aliphatic rings. The van der Waals surface area contributed by atoms with E-state index in [4.69, 9.17) is 4.74 Å². The van der Waals surface area contributed by atoms with Gasteiger partial charge in [-0.1, -0.05) is 11.3 Å². The number of thiazole rings is 1. The number of fused-ring (bicyclic) bond motifs is 1. The number of hydrogen-bond donors (Lipinski definition) is 1. The van der Waals surface area contributed by atoms with Crippen LogP contribution in [0.3, 0.4) is 0 Å². The van der Waals surface area contributed by atoms with Gasteiger partial charge >= 0.3 is 4.87 Å². The van der Waals surface area contributed by atoms with Gasteiger partial charge in [-0.2, -0.15) is 0 Å². The smallest absolute Gasteiger partial charge is 0.305 e. The highest BCUT2D eigenvalue weighted by Crippen LogP contribution is 2.30. The minimum atomic E-state index is -0.522. The van der Waals surface area contributed by atoms with Gasteiger partial charge in [0.2, 0.25) is 0 Å². The van der Waals surface area contributed by atoms with Crippen LogP contribution in [-0.2, 0) is 0 Å². The molecule has 1 heterocycles. The first-order chi connectivity index (χ1) is 7.11. The molecule has 0 fully saturated rings. The highest BCUT2D eigenvalue weighted by molar-refractivity contribution is 7.16. The summed E-state index contributed by atoms with van der Waals surface area (Å²) >= 11 is 0.918. The minimum absolute atomic E-state index is 0.0883. The van der Waals surface area contributed by atoms with Gasteiger partial charge in [-0.05, 0) is 0 Å². The second kappa shape index (κ2) is 3.35. The fourth-order valence-electron chi connectivity index (χ4n) is 1.27. The summed E-state index contributed by atoms with van der Waals surface area (Å²) in [5.41, 5.74) is 0.410. The third-order valence-electron chi connectivity index (χ3n) is 1.91. The molecule has 0 unspecified atom stereocenters. The molecule has 0 saturated heterocycles. The van der Waals surface area contributed by atoms with Crippen LogP contribution in [0.4, 0.5) is 5.69 Å². The van der Waals surface area contributed by atoms with Gasteiger partial charge < -0.3 is 9.72 Å². The number of methoxy groups -OCH3 is 1. The van der Waals surface area contributed by atoms with Gasteiger partial charge in [-0.3, -0.25) is 14.9 Å². The quantitative estimate of drug-likeness (QED) is 0.621. The molecular weight excluding hydrogens is 220 g/mol. The number of aromatic amines is 1. The summed E-state index contributed by atoms with van der Waals surface area (Å²) in [6.07, 6.45) is 0. The number of nitro benzene ring substituents is 1. The van der Waals surface area contributed by atoms with E-state index in [-0.39, 0.29) is 10.6 Å². The summed E-state index contributed by atoms with van der Waals surface area (Å²) in [7, 11) is 1.40. The number of hydrogen-bond acceptors (Lipinski definition) is 5. The van der Waals surface area contributed by atoms with Crippen molar-refractivity contribution in [2.75, 3.05) is 7.11 Å². The molecule has 0 atom stereocenters. The molecule has 0 aliphatic carbocycles. The average Bonchev–Trinajstić information content (AvgIpc) is 2.56. The summed E-state index contributed by atoms with van der Waals surface area (Å²) in [5, 5.41) is 10.6. The molecule has 7 heteroatoms. The molecule has 0 saturated carbocycles. The second-order valence-electron chi connectivity index (χ2n) is 2.79. The lowest BCUT2D eigenvalue weighted by Crippen LogP contribution is -1.93. The van der Waals surface area contributed by atoms with Crippen LogP contribution in [0, 0.1) is 10.1 Å². The van der Waals surface area contributed by atoms with Gasteiger partial charge in [0.15, 0.2) is 5.75 Å². The maximum Gasteiger partial charge on any atom is 0.305 e. The molecule has 0 amide bonds. The number of H-pyrrole nitrogens is 1. The summed E-state index contributed by atoms with van der Waals surface area (Å²) in [5.74, 6) is 0.303. The molecule has 0 spiro atoms. The molecule has 6 nitrogen and oxygen atoms in total. The van der Waals surface area contributed by atoms with Crippen LogP contribution in [0.25, 0.3) is 10.2 Å². The van der Waals surface area contributed by atoms with Gasteiger partial charge in [0.1, 0.15) is 5.52 Å². The lowest BCUT2D eigenvalue weighted by atomic mass is 10.3. The summed E-state index contributed by atoms with van der Waals surface area (Å²) in [6.45, 7) is 0. The molecule has 0 aliphatic heterocycles. The normalized spacial score (nSPS) is 10.5. The van der Waals surface area contributed by atoms with E-state index in [1.54, 1.807) is 0 Å². The second-order valence-corrected chi connectivity index (χ2v) is 3.81. The zero-order valence-electron chi connectivity index (χ0n) is 7.64. The molecule has 2 rings (SSSR count). The van der Waals surface area contributed by atoms with Crippen molar-refractivity contribution < 1.29 is 9.66 Å². The Bertz CT molecular complexity index is 586. The number of aromatic nitrogens is 1. The van der Waals surface area contributed by atoms with Gasteiger partial charge in [0.25, 0.3) is 5.69 Å². The number of ether oxygens (including phenoxy) is 1. The number of non-ortho nitro benzene ring substituents is 1. The number of nitrogens with one attached hydrogen (secondary N) is 1. The lowest BCUT2D eigenvalue weighted by molar-refractivity contribution is -0.384. The molecule has 1 aromatic carbocycles. The van der Waals surface area contributed by atoms with Crippen LogP contribution in [0.2, 0.25) is 0 Å².